The Hall–Kier alpha value is -1.55. The van der Waals surface area contributed by atoms with Gasteiger partial charge in [0, 0.05) is 17.5 Å². The summed E-state index contributed by atoms with van der Waals surface area (Å²) in [5.74, 6) is -1.02. The molecule has 1 heterocycles. The maximum atomic E-state index is 11.3. The Morgan fingerprint density at radius 2 is 2.27 bits per heavy atom. The molecule has 5 heteroatoms. The minimum atomic E-state index is -0.969. The number of halogens is 1. The largest absolute Gasteiger partial charge is 0.421 e. The van der Waals surface area contributed by atoms with E-state index in [4.69, 9.17) is 21.1 Å². The summed E-state index contributed by atoms with van der Waals surface area (Å²) in [5.41, 5.74) is 0.869. The second-order valence-corrected chi connectivity index (χ2v) is 3.51. The predicted molar refractivity (Wildman–Crippen MR) is 51.4 cm³/mol. The molecule has 0 aliphatic carbocycles. The summed E-state index contributed by atoms with van der Waals surface area (Å²) in [6.45, 7) is 1.25. The zero-order valence-corrected chi connectivity index (χ0v) is 8.58. The molecule has 4 nitrogen and oxygen atoms in total. The van der Waals surface area contributed by atoms with Crippen LogP contribution in [0.3, 0.4) is 0 Å². The molecule has 0 spiro atoms. The highest BCUT2D eigenvalue weighted by Crippen LogP contribution is 2.33. The minimum absolute atomic E-state index is 0.380. The van der Waals surface area contributed by atoms with Crippen molar-refractivity contribution < 1.29 is 19.1 Å². The van der Waals surface area contributed by atoms with Crippen LogP contribution in [-0.4, -0.2) is 11.9 Å². The van der Waals surface area contributed by atoms with Gasteiger partial charge in [0.25, 0.3) is 6.29 Å². The van der Waals surface area contributed by atoms with E-state index in [1.807, 2.05) is 0 Å². The molecular weight excluding hydrogens is 220 g/mol. The molecule has 0 radical (unpaired) electrons. The number of hydrogen-bond acceptors (Lipinski definition) is 4. The van der Waals surface area contributed by atoms with Crippen molar-refractivity contribution in [1.82, 2.24) is 0 Å². The van der Waals surface area contributed by atoms with Crippen LogP contribution in [-0.2, 0) is 14.3 Å². The number of benzene rings is 1. The lowest BCUT2D eigenvalue weighted by Crippen LogP contribution is -2.07. The van der Waals surface area contributed by atoms with E-state index in [1.54, 1.807) is 18.2 Å². The fourth-order valence-electron chi connectivity index (χ4n) is 1.38. The Labute approximate surface area is 90.7 Å². The molecule has 0 fully saturated rings. The third-order valence-corrected chi connectivity index (χ3v) is 2.21. The molecule has 0 bridgehead atoms. The topological polar surface area (TPSA) is 52.6 Å². The summed E-state index contributed by atoms with van der Waals surface area (Å²) >= 11 is 5.77. The smallest absolute Gasteiger partial charge is 0.342 e. The van der Waals surface area contributed by atoms with Crippen molar-refractivity contribution in [3.63, 3.8) is 0 Å². The Balaban J connectivity index is 2.39. The van der Waals surface area contributed by atoms with Crippen LogP contribution < -0.4 is 0 Å². The van der Waals surface area contributed by atoms with Crippen molar-refractivity contribution >= 4 is 23.5 Å². The molecular formula is C10H7ClO4. The number of carbonyl (C=O) groups is 2. The Morgan fingerprint density at radius 3 is 2.93 bits per heavy atom. The first-order chi connectivity index (χ1) is 7.08. The van der Waals surface area contributed by atoms with Gasteiger partial charge in [-0.25, -0.2) is 4.79 Å². The SMILES string of the molecule is CC(=O)OC1OC(=O)c2ccc(Cl)cc21. The zero-order valence-electron chi connectivity index (χ0n) is 7.82. The summed E-state index contributed by atoms with van der Waals surface area (Å²) in [7, 11) is 0. The van der Waals surface area contributed by atoms with Crippen molar-refractivity contribution in [3.8, 4) is 0 Å². The van der Waals surface area contributed by atoms with Gasteiger partial charge in [-0.05, 0) is 18.2 Å². The van der Waals surface area contributed by atoms with E-state index >= 15 is 0 Å². The molecule has 1 aliphatic heterocycles. The molecule has 0 saturated carbocycles. The molecule has 0 N–H and O–H groups in total. The zero-order chi connectivity index (χ0) is 11.0. The first kappa shape index (κ1) is 9.98. The van der Waals surface area contributed by atoms with Crippen molar-refractivity contribution in [1.29, 1.82) is 0 Å². The summed E-state index contributed by atoms with van der Waals surface area (Å²) in [6.07, 6.45) is -0.969. The molecule has 0 saturated heterocycles. The monoisotopic (exact) mass is 226 g/mol. The number of rotatable bonds is 1. The van der Waals surface area contributed by atoms with Crippen LogP contribution in [0.1, 0.15) is 29.1 Å². The second kappa shape index (κ2) is 3.55. The highest BCUT2D eigenvalue weighted by molar-refractivity contribution is 6.30. The standard InChI is InChI=1S/C10H7ClO4/c1-5(12)14-10-8-4-6(11)2-3-7(8)9(13)15-10/h2-4,10H,1H3. The molecule has 0 aromatic heterocycles. The van der Waals surface area contributed by atoms with Gasteiger partial charge in [0.1, 0.15) is 0 Å². The summed E-state index contributed by atoms with van der Waals surface area (Å²) in [6, 6.07) is 4.68. The highest BCUT2D eigenvalue weighted by Gasteiger charge is 2.33. The van der Waals surface area contributed by atoms with Crippen LogP contribution in [0.5, 0.6) is 0 Å². The average molecular weight is 227 g/mol. The number of ether oxygens (including phenoxy) is 2. The van der Waals surface area contributed by atoms with Crippen LogP contribution in [0.15, 0.2) is 18.2 Å². The summed E-state index contributed by atoms with van der Waals surface area (Å²) in [4.78, 5) is 22.1. The molecule has 1 aliphatic rings. The van der Waals surface area contributed by atoms with E-state index in [2.05, 4.69) is 0 Å². The van der Waals surface area contributed by atoms with Crippen LogP contribution in [0.4, 0.5) is 0 Å². The predicted octanol–water partition coefficient (Wildman–Crippen LogP) is 2.07. The maximum absolute atomic E-state index is 11.3. The third kappa shape index (κ3) is 1.80. The molecule has 0 amide bonds. The Kier molecular flexibility index (Phi) is 2.36. The van der Waals surface area contributed by atoms with Gasteiger partial charge in [0.15, 0.2) is 0 Å². The lowest BCUT2D eigenvalue weighted by atomic mass is 10.1. The number of fused-ring (bicyclic) bond motifs is 1. The van der Waals surface area contributed by atoms with Gasteiger partial charge in [-0.2, -0.15) is 0 Å². The van der Waals surface area contributed by atoms with E-state index in [1.165, 1.54) is 6.92 Å². The molecule has 78 valence electrons. The Morgan fingerprint density at radius 1 is 1.53 bits per heavy atom. The van der Waals surface area contributed by atoms with Crippen molar-refractivity contribution in [3.05, 3.63) is 34.3 Å². The van der Waals surface area contributed by atoms with Gasteiger partial charge in [-0.15, -0.1) is 0 Å². The van der Waals surface area contributed by atoms with E-state index in [0.29, 0.717) is 16.1 Å². The van der Waals surface area contributed by atoms with Crippen LogP contribution in [0.25, 0.3) is 0 Å². The molecule has 1 unspecified atom stereocenters. The fourth-order valence-corrected chi connectivity index (χ4v) is 1.56. The number of carbonyl (C=O) groups excluding carboxylic acids is 2. The van der Waals surface area contributed by atoms with Crippen LogP contribution in [0, 0.1) is 0 Å². The van der Waals surface area contributed by atoms with Gasteiger partial charge in [0.2, 0.25) is 0 Å². The van der Waals surface area contributed by atoms with Gasteiger partial charge < -0.3 is 9.47 Å². The third-order valence-electron chi connectivity index (χ3n) is 1.97. The molecule has 1 aromatic carbocycles. The first-order valence-corrected chi connectivity index (χ1v) is 4.63. The van der Waals surface area contributed by atoms with Gasteiger partial charge in [-0.1, -0.05) is 11.6 Å². The van der Waals surface area contributed by atoms with Crippen LogP contribution >= 0.6 is 11.6 Å². The lowest BCUT2D eigenvalue weighted by molar-refractivity contribution is -0.164. The van der Waals surface area contributed by atoms with E-state index in [-0.39, 0.29) is 0 Å². The van der Waals surface area contributed by atoms with Crippen LogP contribution in [0.2, 0.25) is 5.02 Å². The molecule has 2 rings (SSSR count). The van der Waals surface area contributed by atoms with E-state index < -0.39 is 18.2 Å². The first-order valence-electron chi connectivity index (χ1n) is 4.25. The Bertz CT molecular complexity index is 439. The second-order valence-electron chi connectivity index (χ2n) is 3.08. The average Bonchev–Trinajstić information content (AvgIpc) is 2.42. The minimum Gasteiger partial charge on any atom is -0.421 e. The fraction of sp³-hybridized carbons (Fsp3) is 0.200. The maximum Gasteiger partial charge on any atom is 0.342 e. The molecule has 1 atom stereocenters. The van der Waals surface area contributed by atoms with E-state index in [9.17, 15) is 9.59 Å². The van der Waals surface area contributed by atoms with Gasteiger partial charge in [0.05, 0.1) is 5.56 Å². The van der Waals surface area contributed by atoms with Gasteiger partial charge >= 0.3 is 11.9 Å². The lowest BCUT2D eigenvalue weighted by Gasteiger charge is -2.09. The number of esters is 2. The number of cyclic esters (lactones) is 1. The van der Waals surface area contributed by atoms with E-state index in [0.717, 1.165) is 0 Å². The quantitative estimate of drug-likeness (QED) is 0.688. The summed E-state index contributed by atoms with van der Waals surface area (Å²) in [5, 5.41) is 0.462. The molecule has 1 aromatic rings. The van der Waals surface area contributed by atoms with Crippen molar-refractivity contribution in [2.24, 2.45) is 0 Å². The summed E-state index contributed by atoms with van der Waals surface area (Å²) < 4.78 is 9.68. The highest BCUT2D eigenvalue weighted by atomic mass is 35.5. The van der Waals surface area contributed by atoms with Crippen molar-refractivity contribution in [2.45, 2.75) is 13.2 Å². The van der Waals surface area contributed by atoms with Gasteiger partial charge in [-0.3, -0.25) is 4.79 Å². The van der Waals surface area contributed by atoms with Crippen molar-refractivity contribution in [2.75, 3.05) is 0 Å². The number of hydrogen-bond donors (Lipinski definition) is 0. The normalized spacial score (nSPS) is 18.3. The molecule has 15 heavy (non-hydrogen) atoms.